The number of ether oxygens (including phenoxy) is 2. The van der Waals surface area contributed by atoms with Crippen molar-refractivity contribution in [3.63, 3.8) is 0 Å². The average Bonchev–Trinajstić information content (AvgIpc) is 3.49. The number of nitrogens with zero attached hydrogens (tertiary/aromatic N) is 7. The number of aromatic nitrogens is 5. The van der Waals surface area contributed by atoms with E-state index in [9.17, 15) is 0 Å². The van der Waals surface area contributed by atoms with E-state index in [1.807, 2.05) is 23.1 Å². The molecule has 0 amide bonds. The molecule has 45 heavy (non-hydrogen) atoms. The van der Waals surface area contributed by atoms with Crippen LogP contribution in [0.1, 0.15) is 81.8 Å². The van der Waals surface area contributed by atoms with Crippen LogP contribution in [-0.4, -0.2) is 64.1 Å². The maximum absolute atomic E-state index is 6.24. The van der Waals surface area contributed by atoms with Crippen molar-refractivity contribution in [2.45, 2.75) is 83.0 Å². The van der Waals surface area contributed by atoms with Gasteiger partial charge in [-0.15, -0.1) is 5.10 Å². The molecule has 6 heterocycles. The molecule has 8 rings (SSSR count). The first-order valence-corrected chi connectivity index (χ1v) is 16.9. The molecule has 1 aliphatic carbocycles. The zero-order valence-corrected chi connectivity index (χ0v) is 26.5. The summed E-state index contributed by atoms with van der Waals surface area (Å²) in [6.07, 6.45) is 13.8. The molecule has 0 bridgehead atoms. The minimum atomic E-state index is -0.114. The lowest BCUT2D eigenvalue weighted by molar-refractivity contribution is -0.0368. The third kappa shape index (κ3) is 5.21. The Hall–Kier alpha value is -3.76. The highest BCUT2D eigenvalue weighted by molar-refractivity contribution is 5.88. The molecule has 0 radical (unpaired) electrons. The second-order valence-corrected chi connectivity index (χ2v) is 13.3. The summed E-state index contributed by atoms with van der Waals surface area (Å²) < 4.78 is 13.6. The maximum atomic E-state index is 6.24. The van der Waals surface area contributed by atoms with Crippen LogP contribution in [0.4, 0.5) is 17.3 Å². The van der Waals surface area contributed by atoms with E-state index in [2.05, 4.69) is 57.4 Å². The molecule has 3 aromatic heterocycles. The first-order chi connectivity index (χ1) is 22.1. The second kappa shape index (κ2) is 11.9. The molecule has 3 aliphatic heterocycles. The molecular formula is C35H44N8O2. The monoisotopic (exact) mass is 608 g/mol. The Morgan fingerprint density at radius 2 is 1.87 bits per heavy atom. The van der Waals surface area contributed by atoms with E-state index < -0.39 is 0 Å². The van der Waals surface area contributed by atoms with Gasteiger partial charge < -0.3 is 24.6 Å². The number of piperidine rings is 1. The van der Waals surface area contributed by atoms with Gasteiger partial charge in [-0.25, -0.2) is 14.6 Å². The predicted molar refractivity (Wildman–Crippen MR) is 175 cm³/mol. The molecule has 10 heteroatoms. The summed E-state index contributed by atoms with van der Waals surface area (Å²) in [5.74, 6) is 2.70. The van der Waals surface area contributed by atoms with Crippen LogP contribution in [0.3, 0.4) is 0 Å². The van der Waals surface area contributed by atoms with Crippen molar-refractivity contribution in [1.29, 1.82) is 0 Å². The molecule has 3 fully saturated rings. The van der Waals surface area contributed by atoms with Gasteiger partial charge in [0.1, 0.15) is 11.6 Å². The number of aryl methyl sites for hydroxylation is 1. The van der Waals surface area contributed by atoms with Crippen LogP contribution < -0.4 is 19.9 Å². The van der Waals surface area contributed by atoms with E-state index in [0.717, 1.165) is 111 Å². The Bertz CT molecular complexity index is 1640. The number of methoxy groups -OCH3 is 1. The average molecular weight is 609 g/mol. The minimum absolute atomic E-state index is 0.114. The van der Waals surface area contributed by atoms with Gasteiger partial charge in [-0.05, 0) is 100.0 Å². The number of hydrogen-bond donors (Lipinski definition) is 1. The fourth-order valence-electron chi connectivity index (χ4n) is 7.98. The molecule has 1 spiro atoms. The van der Waals surface area contributed by atoms with Gasteiger partial charge in [-0.3, -0.25) is 4.98 Å². The molecule has 10 nitrogen and oxygen atoms in total. The van der Waals surface area contributed by atoms with Crippen LogP contribution in [0.15, 0.2) is 48.8 Å². The van der Waals surface area contributed by atoms with E-state index in [-0.39, 0.29) is 6.23 Å². The van der Waals surface area contributed by atoms with Gasteiger partial charge in [0, 0.05) is 44.5 Å². The van der Waals surface area contributed by atoms with E-state index >= 15 is 0 Å². The number of hydrogen-bond acceptors (Lipinski definition) is 9. The SMILES string of the molecule is COc1ccc([C@H](C)N[C@H]2CCC23CCN(c2cnc4c(N5CCCc6ncccc65)nn(C5CCCCO5)c4n2)CC3)cc1. The molecule has 1 aromatic carbocycles. The molecule has 1 unspecified atom stereocenters. The van der Waals surface area contributed by atoms with Crippen molar-refractivity contribution in [1.82, 2.24) is 30.0 Å². The highest BCUT2D eigenvalue weighted by atomic mass is 16.5. The highest BCUT2D eigenvalue weighted by Gasteiger charge is 2.48. The maximum Gasteiger partial charge on any atom is 0.183 e. The summed E-state index contributed by atoms with van der Waals surface area (Å²) in [6, 6.07) is 13.5. The Balaban J connectivity index is 1.02. The molecular weight excluding hydrogens is 564 g/mol. The summed E-state index contributed by atoms with van der Waals surface area (Å²) in [7, 11) is 1.72. The third-order valence-corrected chi connectivity index (χ3v) is 10.8. The van der Waals surface area contributed by atoms with Gasteiger partial charge in [0.2, 0.25) is 0 Å². The fraction of sp³-hybridized carbons (Fsp3) is 0.543. The van der Waals surface area contributed by atoms with Crippen molar-refractivity contribution in [2.24, 2.45) is 5.41 Å². The smallest absolute Gasteiger partial charge is 0.183 e. The van der Waals surface area contributed by atoms with E-state index in [0.29, 0.717) is 17.5 Å². The summed E-state index contributed by atoms with van der Waals surface area (Å²) in [6.45, 7) is 5.90. The van der Waals surface area contributed by atoms with E-state index in [4.69, 9.17) is 24.5 Å². The lowest BCUT2D eigenvalue weighted by atomic mass is 9.59. The van der Waals surface area contributed by atoms with Gasteiger partial charge in [0.25, 0.3) is 0 Å². The van der Waals surface area contributed by atoms with Crippen LogP contribution in [0.5, 0.6) is 5.75 Å². The van der Waals surface area contributed by atoms with E-state index in [1.165, 1.54) is 18.4 Å². The molecule has 4 aliphatic rings. The fourth-order valence-corrected chi connectivity index (χ4v) is 7.98. The zero-order valence-electron chi connectivity index (χ0n) is 26.5. The van der Waals surface area contributed by atoms with E-state index in [1.54, 1.807) is 7.11 Å². The summed E-state index contributed by atoms with van der Waals surface area (Å²) >= 11 is 0. The van der Waals surface area contributed by atoms with Gasteiger partial charge in [0.15, 0.2) is 23.2 Å². The summed E-state index contributed by atoms with van der Waals surface area (Å²) in [5, 5.41) is 9.14. The standard InChI is InChI=1S/C35H44N8O2/c1-24(25-10-12-26(44-2)13-11-25)38-29-14-15-35(29)16-20-41(21-17-35)30-23-37-32-33(39-30)43(31-9-3-4-22-45-31)40-34(32)42-19-6-7-27-28(42)8-5-18-36-27/h5,8,10-13,18,23-24,29,31,38H,3-4,6-7,9,14-17,19-22H2,1-2H3/t24-,29-,31?/m0/s1. The first kappa shape index (κ1) is 28.7. The molecule has 1 N–H and O–H groups in total. The van der Waals surface area contributed by atoms with Crippen molar-refractivity contribution < 1.29 is 9.47 Å². The van der Waals surface area contributed by atoms with Gasteiger partial charge in [-0.1, -0.05) is 12.1 Å². The quantitative estimate of drug-likeness (QED) is 0.267. The lowest BCUT2D eigenvalue weighted by Gasteiger charge is -2.55. The number of fused-ring (bicyclic) bond motifs is 2. The molecule has 236 valence electrons. The number of benzene rings is 1. The van der Waals surface area contributed by atoms with Crippen molar-refractivity contribution >= 4 is 28.5 Å². The third-order valence-electron chi connectivity index (χ3n) is 10.8. The Morgan fingerprint density at radius 3 is 2.62 bits per heavy atom. The van der Waals surface area contributed by atoms with Crippen LogP contribution in [0.2, 0.25) is 0 Å². The van der Waals surface area contributed by atoms with Crippen molar-refractivity contribution in [3.8, 4) is 5.75 Å². The topological polar surface area (TPSA) is 93.5 Å². The Kier molecular flexibility index (Phi) is 7.57. The van der Waals surface area contributed by atoms with Crippen LogP contribution in [0.25, 0.3) is 11.2 Å². The van der Waals surface area contributed by atoms with Gasteiger partial charge in [0.05, 0.1) is 24.7 Å². The van der Waals surface area contributed by atoms with Crippen LogP contribution >= 0.6 is 0 Å². The van der Waals surface area contributed by atoms with Gasteiger partial charge >= 0.3 is 0 Å². The first-order valence-electron chi connectivity index (χ1n) is 16.9. The molecule has 1 saturated carbocycles. The largest absolute Gasteiger partial charge is 0.497 e. The molecule has 4 aromatic rings. The lowest BCUT2D eigenvalue weighted by Crippen LogP contribution is -2.58. The minimum Gasteiger partial charge on any atom is -0.497 e. The molecule has 3 atom stereocenters. The Labute approximate surface area is 265 Å². The number of rotatable bonds is 7. The summed E-state index contributed by atoms with van der Waals surface area (Å²) in [5.41, 5.74) is 5.57. The zero-order chi connectivity index (χ0) is 30.4. The number of nitrogens with one attached hydrogen (secondary N) is 1. The highest BCUT2D eigenvalue weighted by Crippen LogP contribution is 2.50. The number of anilines is 3. The Morgan fingerprint density at radius 1 is 1.00 bits per heavy atom. The normalized spacial score (nSPS) is 23.5. The molecule has 2 saturated heterocycles. The van der Waals surface area contributed by atoms with Crippen LogP contribution in [0, 0.1) is 5.41 Å². The number of pyridine rings is 1. The van der Waals surface area contributed by atoms with Gasteiger partial charge in [-0.2, -0.15) is 0 Å². The summed E-state index contributed by atoms with van der Waals surface area (Å²) in [4.78, 5) is 19.7. The van der Waals surface area contributed by atoms with Crippen molar-refractivity contribution in [3.05, 3.63) is 60.0 Å². The second-order valence-electron chi connectivity index (χ2n) is 13.3. The van der Waals surface area contributed by atoms with Crippen LogP contribution in [-0.2, 0) is 11.2 Å². The predicted octanol–water partition coefficient (Wildman–Crippen LogP) is 6.11. The van der Waals surface area contributed by atoms with Crippen molar-refractivity contribution in [2.75, 3.05) is 43.2 Å².